The van der Waals surface area contributed by atoms with Crippen molar-refractivity contribution in [1.82, 2.24) is 10.2 Å². The van der Waals surface area contributed by atoms with Crippen LogP contribution in [-0.2, 0) is 15.1 Å². The minimum absolute atomic E-state index is 0.0176. The number of benzene rings is 2. The first-order valence-electron chi connectivity index (χ1n) is 12.4. The molecule has 7 nitrogen and oxygen atoms in total. The molecule has 194 valence electrons. The number of carbonyl (C=O) groups is 3. The van der Waals surface area contributed by atoms with E-state index in [-0.39, 0.29) is 30.2 Å². The maximum absolute atomic E-state index is 13.3. The number of esters is 1. The lowest BCUT2D eigenvalue weighted by molar-refractivity contribution is -0.153. The number of nitrogens with one attached hydrogen (secondary N) is 1. The number of ether oxygens (including phenoxy) is 1. The standard InChI is InChI=1S/C29H38N2O5/c1-19(2)24(30-26(33)21-8-7-9-22(16-21)27(34)36-6)17-25(32)31-15-14-29(35,28(4,5)18-31)23-12-10-20(3)11-13-23/h7-13,16,19,24,35H,14-15,17-18H2,1-6H3,(H,30,33)/t24?,29-/m0/s1. The molecule has 1 saturated heterocycles. The number of hydrogen-bond donors (Lipinski definition) is 2. The van der Waals surface area contributed by atoms with Gasteiger partial charge >= 0.3 is 5.97 Å². The number of carbonyl (C=O) groups excluding carboxylic acids is 3. The van der Waals surface area contributed by atoms with Crippen molar-refractivity contribution < 1.29 is 24.2 Å². The summed E-state index contributed by atoms with van der Waals surface area (Å²) < 4.78 is 4.74. The predicted octanol–water partition coefficient (Wildman–Crippen LogP) is 4.07. The maximum atomic E-state index is 13.3. The fourth-order valence-corrected chi connectivity index (χ4v) is 4.83. The van der Waals surface area contributed by atoms with Gasteiger partial charge in [0.05, 0.1) is 18.3 Å². The number of nitrogens with zero attached hydrogens (tertiary/aromatic N) is 1. The summed E-state index contributed by atoms with van der Waals surface area (Å²) in [5, 5.41) is 14.6. The highest BCUT2D eigenvalue weighted by atomic mass is 16.5. The van der Waals surface area contributed by atoms with E-state index in [0.29, 0.717) is 30.6 Å². The van der Waals surface area contributed by atoms with Gasteiger partial charge in [-0.25, -0.2) is 4.79 Å². The predicted molar refractivity (Wildman–Crippen MR) is 139 cm³/mol. The lowest BCUT2D eigenvalue weighted by atomic mass is 9.66. The number of likely N-dealkylation sites (tertiary alicyclic amines) is 1. The van der Waals surface area contributed by atoms with Crippen LogP contribution in [0.1, 0.15) is 72.4 Å². The zero-order valence-electron chi connectivity index (χ0n) is 22.1. The fraction of sp³-hybridized carbons (Fsp3) is 0.483. The maximum Gasteiger partial charge on any atom is 0.337 e. The van der Waals surface area contributed by atoms with Crippen LogP contribution < -0.4 is 5.32 Å². The molecule has 2 atom stereocenters. The summed E-state index contributed by atoms with van der Waals surface area (Å²) in [5.74, 6) is -0.904. The zero-order valence-corrected chi connectivity index (χ0v) is 22.1. The Morgan fingerprint density at radius 3 is 2.31 bits per heavy atom. The monoisotopic (exact) mass is 494 g/mol. The highest BCUT2D eigenvalue weighted by Crippen LogP contribution is 2.46. The van der Waals surface area contributed by atoms with Crippen LogP contribution in [0.4, 0.5) is 0 Å². The van der Waals surface area contributed by atoms with Crippen molar-refractivity contribution in [2.24, 2.45) is 11.3 Å². The molecule has 3 rings (SSSR count). The van der Waals surface area contributed by atoms with E-state index < -0.39 is 17.0 Å². The van der Waals surface area contributed by atoms with Gasteiger partial charge in [0.15, 0.2) is 0 Å². The second-order valence-electron chi connectivity index (χ2n) is 10.8. The molecule has 0 spiro atoms. The Hall–Kier alpha value is -3.19. The molecular formula is C29H38N2O5. The van der Waals surface area contributed by atoms with Crippen LogP contribution in [0.15, 0.2) is 48.5 Å². The number of aliphatic hydroxyl groups is 1. The summed E-state index contributed by atoms with van der Waals surface area (Å²) in [6, 6.07) is 13.9. The Morgan fingerprint density at radius 2 is 1.72 bits per heavy atom. The number of aryl methyl sites for hydroxylation is 1. The summed E-state index contributed by atoms with van der Waals surface area (Å²) in [4.78, 5) is 39.9. The second-order valence-corrected chi connectivity index (χ2v) is 10.8. The molecule has 7 heteroatoms. The molecule has 2 aromatic carbocycles. The molecule has 36 heavy (non-hydrogen) atoms. The van der Waals surface area contributed by atoms with Crippen LogP contribution in [0.5, 0.6) is 0 Å². The molecule has 0 saturated carbocycles. The van der Waals surface area contributed by atoms with Crippen LogP contribution in [0.3, 0.4) is 0 Å². The van der Waals surface area contributed by atoms with Gasteiger partial charge in [-0.05, 0) is 43.0 Å². The Bertz CT molecular complexity index is 1110. The van der Waals surface area contributed by atoms with Crippen molar-refractivity contribution in [2.75, 3.05) is 20.2 Å². The van der Waals surface area contributed by atoms with Gasteiger partial charge in [-0.3, -0.25) is 9.59 Å². The van der Waals surface area contributed by atoms with E-state index in [2.05, 4.69) is 5.32 Å². The number of rotatable bonds is 7. The van der Waals surface area contributed by atoms with E-state index in [0.717, 1.165) is 11.1 Å². The number of piperidine rings is 1. The topological polar surface area (TPSA) is 95.9 Å². The first kappa shape index (κ1) is 27.4. The van der Waals surface area contributed by atoms with Gasteiger partial charge in [0.1, 0.15) is 0 Å². The minimum atomic E-state index is -1.03. The lowest BCUT2D eigenvalue weighted by Crippen LogP contribution is -2.57. The van der Waals surface area contributed by atoms with Gasteiger partial charge in [-0.1, -0.05) is 63.6 Å². The molecule has 1 aliphatic rings. The molecule has 0 aromatic heterocycles. The van der Waals surface area contributed by atoms with Crippen molar-refractivity contribution in [1.29, 1.82) is 0 Å². The summed E-state index contributed by atoms with van der Waals surface area (Å²) in [5.41, 5.74) is 1.03. The van der Waals surface area contributed by atoms with Crippen molar-refractivity contribution in [3.8, 4) is 0 Å². The van der Waals surface area contributed by atoms with Crippen molar-refractivity contribution in [3.05, 3.63) is 70.8 Å². The van der Waals surface area contributed by atoms with Crippen molar-refractivity contribution in [3.63, 3.8) is 0 Å². The Labute approximate surface area is 213 Å². The molecule has 2 aromatic rings. The van der Waals surface area contributed by atoms with Gasteiger partial charge < -0.3 is 20.1 Å². The molecule has 0 aliphatic carbocycles. The first-order valence-corrected chi connectivity index (χ1v) is 12.4. The molecule has 1 unspecified atom stereocenters. The molecule has 2 N–H and O–H groups in total. The molecule has 1 aliphatic heterocycles. The zero-order chi connectivity index (χ0) is 26.7. The Morgan fingerprint density at radius 1 is 1.08 bits per heavy atom. The Kier molecular flexibility index (Phi) is 8.24. The minimum Gasteiger partial charge on any atom is -0.465 e. The molecule has 0 radical (unpaired) electrons. The summed E-state index contributed by atoms with van der Waals surface area (Å²) in [6.07, 6.45) is 0.590. The van der Waals surface area contributed by atoms with Gasteiger partial charge in [-0.15, -0.1) is 0 Å². The fourth-order valence-electron chi connectivity index (χ4n) is 4.83. The Balaban J connectivity index is 1.69. The summed E-state index contributed by atoms with van der Waals surface area (Å²) in [7, 11) is 1.29. The highest BCUT2D eigenvalue weighted by Gasteiger charge is 2.49. The molecule has 1 heterocycles. The van der Waals surface area contributed by atoms with E-state index in [4.69, 9.17) is 4.74 Å². The van der Waals surface area contributed by atoms with Crippen LogP contribution in [0.25, 0.3) is 0 Å². The highest BCUT2D eigenvalue weighted by molar-refractivity contribution is 5.98. The van der Waals surface area contributed by atoms with E-state index in [9.17, 15) is 19.5 Å². The van der Waals surface area contributed by atoms with E-state index >= 15 is 0 Å². The third-order valence-corrected chi connectivity index (χ3v) is 7.39. The van der Waals surface area contributed by atoms with E-state index in [1.54, 1.807) is 23.1 Å². The SMILES string of the molecule is COC(=O)c1cccc(C(=O)NC(CC(=O)N2CC[C@](O)(c3ccc(C)cc3)C(C)(C)C2)C(C)C)c1. The number of hydrogen-bond acceptors (Lipinski definition) is 5. The van der Waals surface area contributed by atoms with Crippen molar-refractivity contribution >= 4 is 17.8 Å². The van der Waals surface area contributed by atoms with Crippen LogP contribution in [0, 0.1) is 18.3 Å². The van der Waals surface area contributed by atoms with Gasteiger partial charge in [0.25, 0.3) is 5.91 Å². The van der Waals surface area contributed by atoms with Crippen LogP contribution >= 0.6 is 0 Å². The lowest BCUT2D eigenvalue weighted by Gasteiger charge is -2.50. The molecule has 1 fully saturated rings. The van der Waals surface area contributed by atoms with Crippen LogP contribution in [0.2, 0.25) is 0 Å². The largest absolute Gasteiger partial charge is 0.465 e. The number of amides is 2. The molecule has 2 amide bonds. The smallest absolute Gasteiger partial charge is 0.337 e. The van der Waals surface area contributed by atoms with Gasteiger partial charge in [0, 0.05) is 36.5 Å². The normalized spacial score (nSPS) is 20.1. The van der Waals surface area contributed by atoms with Gasteiger partial charge in [0.2, 0.25) is 5.91 Å². The quantitative estimate of drug-likeness (QED) is 0.566. The van der Waals surface area contributed by atoms with E-state index in [1.165, 1.54) is 13.2 Å². The third kappa shape index (κ3) is 5.78. The number of methoxy groups -OCH3 is 1. The summed E-state index contributed by atoms with van der Waals surface area (Å²) in [6.45, 7) is 10.8. The first-order chi connectivity index (χ1) is 16.9. The van der Waals surface area contributed by atoms with Crippen molar-refractivity contribution in [2.45, 2.75) is 59.1 Å². The average molecular weight is 495 g/mol. The summed E-state index contributed by atoms with van der Waals surface area (Å²) >= 11 is 0. The van der Waals surface area contributed by atoms with Crippen LogP contribution in [-0.4, -0.2) is 54.0 Å². The third-order valence-electron chi connectivity index (χ3n) is 7.39. The van der Waals surface area contributed by atoms with E-state index in [1.807, 2.05) is 58.9 Å². The molecular weight excluding hydrogens is 456 g/mol. The van der Waals surface area contributed by atoms with Gasteiger partial charge in [-0.2, -0.15) is 0 Å². The average Bonchev–Trinajstić information content (AvgIpc) is 2.84. The second kappa shape index (κ2) is 10.8. The molecule has 0 bridgehead atoms.